The fourth-order valence-corrected chi connectivity index (χ4v) is 2.82. The van der Waals surface area contributed by atoms with Crippen LogP contribution >= 0.6 is 0 Å². The molecule has 2 amide bonds. The molecule has 1 saturated heterocycles. The zero-order chi connectivity index (χ0) is 17.7. The second-order valence-corrected chi connectivity index (χ2v) is 5.84. The van der Waals surface area contributed by atoms with Gasteiger partial charge in [-0.3, -0.25) is 4.79 Å². The number of hydrogen-bond acceptors (Lipinski definition) is 3. The Balaban J connectivity index is 1.90. The lowest BCUT2D eigenvalue weighted by molar-refractivity contribution is -0.137. The highest BCUT2D eigenvalue weighted by Crippen LogP contribution is 2.35. The highest BCUT2D eigenvalue weighted by Gasteiger charge is 2.39. The molecule has 0 atom stereocenters. The molecule has 1 aliphatic heterocycles. The molecule has 8 heteroatoms. The van der Waals surface area contributed by atoms with Crippen molar-refractivity contribution < 1.29 is 28.6 Å². The smallest absolute Gasteiger partial charge is 0.317 e. The van der Waals surface area contributed by atoms with E-state index in [9.17, 15) is 23.5 Å². The van der Waals surface area contributed by atoms with Crippen LogP contribution in [-0.4, -0.2) is 46.7 Å². The van der Waals surface area contributed by atoms with Crippen molar-refractivity contribution in [3.05, 3.63) is 35.4 Å². The van der Waals surface area contributed by atoms with Crippen molar-refractivity contribution in [2.24, 2.45) is 0 Å². The SMILES string of the molecule is O=C(O)CCCNC(=O)N1CCC(O)(c2c(F)cccc2F)CC1. The van der Waals surface area contributed by atoms with Gasteiger partial charge in [0.2, 0.25) is 0 Å². The van der Waals surface area contributed by atoms with Gasteiger partial charge in [-0.1, -0.05) is 6.07 Å². The van der Waals surface area contributed by atoms with Gasteiger partial charge in [0.1, 0.15) is 11.6 Å². The molecule has 132 valence electrons. The molecule has 1 aromatic carbocycles. The number of likely N-dealkylation sites (tertiary alicyclic amines) is 1. The first-order valence-corrected chi connectivity index (χ1v) is 7.75. The van der Waals surface area contributed by atoms with Crippen molar-refractivity contribution in [1.82, 2.24) is 10.2 Å². The van der Waals surface area contributed by atoms with E-state index < -0.39 is 23.2 Å². The number of halogens is 2. The molecule has 3 N–H and O–H groups in total. The summed E-state index contributed by atoms with van der Waals surface area (Å²) in [4.78, 5) is 23.8. The van der Waals surface area contributed by atoms with Crippen LogP contribution in [0.5, 0.6) is 0 Å². The maximum atomic E-state index is 13.9. The predicted molar refractivity (Wildman–Crippen MR) is 81.3 cm³/mol. The number of nitrogens with zero attached hydrogens (tertiary/aromatic N) is 1. The highest BCUT2D eigenvalue weighted by molar-refractivity contribution is 5.74. The van der Waals surface area contributed by atoms with Gasteiger partial charge in [0, 0.05) is 26.1 Å². The molecule has 1 aliphatic rings. The Morgan fingerprint density at radius 2 is 1.79 bits per heavy atom. The molecule has 1 aromatic rings. The van der Waals surface area contributed by atoms with E-state index in [4.69, 9.17) is 5.11 Å². The van der Waals surface area contributed by atoms with Crippen LogP contribution < -0.4 is 5.32 Å². The molecule has 2 rings (SSSR count). The average Bonchev–Trinajstić information content (AvgIpc) is 2.51. The number of carboxylic acid groups (broad SMARTS) is 1. The fraction of sp³-hybridized carbons (Fsp3) is 0.500. The molecule has 1 heterocycles. The van der Waals surface area contributed by atoms with Gasteiger partial charge in [-0.25, -0.2) is 13.6 Å². The summed E-state index contributed by atoms with van der Waals surface area (Å²) in [7, 11) is 0. The quantitative estimate of drug-likeness (QED) is 0.712. The molecule has 24 heavy (non-hydrogen) atoms. The van der Waals surface area contributed by atoms with E-state index in [0.29, 0.717) is 6.42 Å². The summed E-state index contributed by atoms with van der Waals surface area (Å²) in [5.74, 6) is -2.53. The zero-order valence-electron chi connectivity index (χ0n) is 13.1. The van der Waals surface area contributed by atoms with E-state index >= 15 is 0 Å². The predicted octanol–water partition coefficient (Wildman–Crippen LogP) is 1.82. The number of piperidine rings is 1. The lowest BCUT2D eigenvalue weighted by Gasteiger charge is -2.38. The molecule has 0 radical (unpaired) electrons. The number of aliphatic hydroxyl groups is 1. The van der Waals surface area contributed by atoms with Crippen LogP contribution in [0.2, 0.25) is 0 Å². The van der Waals surface area contributed by atoms with E-state index in [-0.39, 0.29) is 50.5 Å². The summed E-state index contributed by atoms with van der Waals surface area (Å²) in [6.07, 6.45) is 0.326. The third kappa shape index (κ3) is 4.19. The van der Waals surface area contributed by atoms with Crippen LogP contribution in [0.15, 0.2) is 18.2 Å². The van der Waals surface area contributed by atoms with Gasteiger partial charge in [-0.15, -0.1) is 0 Å². The number of carboxylic acids is 1. The average molecular weight is 342 g/mol. The van der Waals surface area contributed by atoms with Crippen molar-refractivity contribution in [3.8, 4) is 0 Å². The van der Waals surface area contributed by atoms with Gasteiger partial charge < -0.3 is 20.4 Å². The molecule has 0 aromatic heterocycles. The molecule has 6 nitrogen and oxygen atoms in total. The summed E-state index contributed by atoms with van der Waals surface area (Å²) >= 11 is 0. The maximum absolute atomic E-state index is 13.9. The molecule has 0 aliphatic carbocycles. The van der Waals surface area contributed by atoms with E-state index in [1.165, 1.54) is 11.0 Å². The third-order valence-electron chi connectivity index (χ3n) is 4.15. The summed E-state index contributed by atoms with van der Waals surface area (Å²) in [5.41, 5.74) is -2.00. The number of urea groups is 1. The summed E-state index contributed by atoms with van der Waals surface area (Å²) in [5, 5.41) is 21.7. The number of amides is 2. The molecule has 0 spiro atoms. The minimum Gasteiger partial charge on any atom is -0.481 e. The Bertz CT molecular complexity index is 596. The second-order valence-electron chi connectivity index (χ2n) is 5.84. The Hall–Kier alpha value is -2.22. The Labute approximate surface area is 138 Å². The first-order valence-electron chi connectivity index (χ1n) is 7.75. The minimum atomic E-state index is -1.64. The normalized spacial score (nSPS) is 16.7. The standard InChI is InChI=1S/C16H20F2N2O4/c17-11-3-1-4-12(18)14(11)16(24)6-9-20(10-7-16)15(23)19-8-2-5-13(21)22/h1,3-4,24H,2,5-10H2,(H,19,23)(H,21,22). The van der Waals surface area contributed by atoms with Crippen LogP contribution in [0.4, 0.5) is 13.6 Å². The fourth-order valence-electron chi connectivity index (χ4n) is 2.82. The number of nitrogens with one attached hydrogen (secondary N) is 1. The largest absolute Gasteiger partial charge is 0.481 e. The first kappa shape index (κ1) is 18.1. The van der Waals surface area contributed by atoms with Crippen molar-refractivity contribution in [1.29, 1.82) is 0 Å². The Morgan fingerprint density at radius 1 is 1.21 bits per heavy atom. The number of carbonyl (C=O) groups excluding carboxylic acids is 1. The number of rotatable bonds is 5. The van der Waals surface area contributed by atoms with Gasteiger partial charge >= 0.3 is 12.0 Å². The summed E-state index contributed by atoms with van der Waals surface area (Å²) < 4.78 is 27.7. The Morgan fingerprint density at radius 3 is 2.33 bits per heavy atom. The van der Waals surface area contributed by atoms with Gasteiger partial charge in [0.05, 0.1) is 11.2 Å². The monoisotopic (exact) mass is 342 g/mol. The first-order chi connectivity index (χ1) is 11.3. The van der Waals surface area contributed by atoms with Crippen LogP contribution in [0.3, 0.4) is 0 Å². The lowest BCUT2D eigenvalue weighted by Crippen LogP contribution is -2.49. The Kier molecular flexibility index (Phi) is 5.71. The maximum Gasteiger partial charge on any atom is 0.317 e. The summed E-state index contributed by atoms with van der Waals surface area (Å²) in [6, 6.07) is 3.05. The van der Waals surface area contributed by atoms with Crippen LogP contribution in [0.25, 0.3) is 0 Å². The van der Waals surface area contributed by atoms with E-state index in [1.54, 1.807) is 0 Å². The van der Waals surface area contributed by atoms with E-state index in [1.807, 2.05) is 0 Å². The molecule has 0 unspecified atom stereocenters. The van der Waals surface area contributed by atoms with Gasteiger partial charge in [-0.2, -0.15) is 0 Å². The topological polar surface area (TPSA) is 89.9 Å². The van der Waals surface area contributed by atoms with Gasteiger partial charge in [0.15, 0.2) is 0 Å². The van der Waals surface area contributed by atoms with Crippen LogP contribution in [-0.2, 0) is 10.4 Å². The van der Waals surface area contributed by atoms with Crippen molar-refractivity contribution >= 4 is 12.0 Å². The van der Waals surface area contributed by atoms with E-state index in [0.717, 1.165) is 12.1 Å². The lowest BCUT2D eigenvalue weighted by atomic mass is 9.84. The van der Waals surface area contributed by atoms with Crippen LogP contribution in [0.1, 0.15) is 31.2 Å². The van der Waals surface area contributed by atoms with Crippen LogP contribution in [0, 0.1) is 11.6 Å². The molecule has 1 fully saturated rings. The molecular formula is C16H20F2N2O4. The number of carbonyl (C=O) groups is 2. The molecule has 0 saturated carbocycles. The van der Waals surface area contributed by atoms with Gasteiger partial charge in [0.25, 0.3) is 0 Å². The third-order valence-corrected chi connectivity index (χ3v) is 4.15. The van der Waals surface area contributed by atoms with Crippen molar-refractivity contribution in [3.63, 3.8) is 0 Å². The number of hydrogen-bond donors (Lipinski definition) is 3. The molecular weight excluding hydrogens is 322 g/mol. The molecule has 0 bridgehead atoms. The van der Waals surface area contributed by atoms with Gasteiger partial charge in [-0.05, 0) is 31.4 Å². The minimum absolute atomic E-state index is 0.0212. The zero-order valence-corrected chi connectivity index (χ0v) is 13.1. The summed E-state index contributed by atoms with van der Waals surface area (Å²) in [6.45, 7) is 0.526. The second kappa shape index (κ2) is 7.57. The highest BCUT2D eigenvalue weighted by atomic mass is 19.1. The number of aliphatic carboxylic acids is 1. The van der Waals surface area contributed by atoms with Crippen molar-refractivity contribution in [2.75, 3.05) is 19.6 Å². The number of benzene rings is 1. The van der Waals surface area contributed by atoms with Crippen molar-refractivity contribution in [2.45, 2.75) is 31.3 Å². The van der Waals surface area contributed by atoms with E-state index in [2.05, 4.69) is 5.32 Å².